The van der Waals surface area contributed by atoms with Crippen LogP contribution < -0.4 is 10.5 Å². The van der Waals surface area contributed by atoms with Crippen LogP contribution in [0.1, 0.15) is 18.9 Å². The summed E-state index contributed by atoms with van der Waals surface area (Å²) in [5.74, 6) is 0.702. The summed E-state index contributed by atoms with van der Waals surface area (Å²) in [4.78, 5) is 0. The van der Waals surface area contributed by atoms with Gasteiger partial charge >= 0.3 is 0 Å². The van der Waals surface area contributed by atoms with E-state index in [1.807, 2.05) is 35.1 Å². The Labute approximate surface area is 124 Å². The minimum absolute atomic E-state index is 0.178. The highest BCUT2D eigenvalue weighted by Gasteiger charge is 2.06. The molecule has 2 rings (SSSR count). The van der Waals surface area contributed by atoms with E-state index in [9.17, 15) is 0 Å². The molecule has 1 heterocycles. The Bertz CT molecular complexity index is 528. The highest BCUT2D eigenvalue weighted by Crippen LogP contribution is 2.26. The third kappa shape index (κ3) is 4.25. The van der Waals surface area contributed by atoms with Crippen LogP contribution in [0, 0.1) is 0 Å². The van der Waals surface area contributed by atoms with Crippen molar-refractivity contribution in [2.24, 2.45) is 5.73 Å². The SMILES string of the molecule is CCC(N)Cc1ccc(OCCn2cccn2)c(Cl)c1. The van der Waals surface area contributed by atoms with Crippen LogP contribution in [-0.4, -0.2) is 22.4 Å². The van der Waals surface area contributed by atoms with Crippen molar-refractivity contribution in [1.29, 1.82) is 0 Å². The van der Waals surface area contributed by atoms with E-state index in [2.05, 4.69) is 12.0 Å². The fraction of sp³-hybridized carbons (Fsp3) is 0.400. The molecule has 0 fully saturated rings. The zero-order valence-electron chi connectivity index (χ0n) is 11.6. The summed E-state index contributed by atoms with van der Waals surface area (Å²) in [5, 5.41) is 4.75. The second-order valence-corrected chi connectivity index (χ2v) is 5.16. The molecule has 0 spiro atoms. The molecular formula is C15H20ClN3O. The van der Waals surface area contributed by atoms with Gasteiger partial charge in [0.25, 0.3) is 0 Å². The highest BCUT2D eigenvalue weighted by molar-refractivity contribution is 6.32. The van der Waals surface area contributed by atoms with E-state index < -0.39 is 0 Å². The summed E-state index contributed by atoms with van der Waals surface area (Å²) < 4.78 is 7.49. The highest BCUT2D eigenvalue weighted by atomic mass is 35.5. The summed E-state index contributed by atoms with van der Waals surface area (Å²) >= 11 is 6.23. The summed E-state index contributed by atoms with van der Waals surface area (Å²) in [6.07, 6.45) is 5.45. The predicted octanol–water partition coefficient (Wildman–Crippen LogP) is 2.90. The maximum atomic E-state index is 6.23. The van der Waals surface area contributed by atoms with Gasteiger partial charge in [0.1, 0.15) is 12.4 Å². The normalized spacial score (nSPS) is 12.3. The van der Waals surface area contributed by atoms with Crippen molar-refractivity contribution >= 4 is 11.6 Å². The molecule has 0 amide bonds. The number of nitrogens with zero attached hydrogens (tertiary/aromatic N) is 2. The number of hydrogen-bond donors (Lipinski definition) is 1. The molecule has 0 aliphatic heterocycles. The van der Waals surface area contributed by atoms with Crippen LogP contribution in [0.5, 0.6) is 5.75 Å². The minimum Gasteiger partial charge on any atom is -0.490 e. The van der Waals surface area contributed by atoms with Crippen LogP contribution in [0.4, 0.5) is 0 Å². The average molecular weight is 294 g/mol. The van der Waals surface area contributed by atoms with E-state index in [0.717, 1.165) is 18.4 Å². The van der Waals surface area contributed by atoms with E-state index in [1.54, 1.807) is 6.20 Å². The van der Waals surface area contributed by atoms with E-state index in [4.69, 9.17) is 22.1 Å². The van der Waals surface area contributed by atoms with Gasteiger partial charge in [-0.1, -0.05) is 24.6 Å². The van der Waals surface area contributed by atoms with Gasteiger partial charge < -0.3 is 10.5 Å². The summed E-state index contributed by atoms with van der Waals surface area (Å²) in [5.41, 5.74) is 7.09. The molecule has 0 radical (unpaired) electrons. The van der Waals surface area contributed by atoms with Gasteiger partial charge in [0.2, 0.25) is 0 Å². The molecule has 1 unspecified atom stereocenters. The third-order valence-corrected chi connectivity index (χ3v) is 3.45. The number of hydrogen-bond acceptors (Lipinski definition) is 3. The Morgan fingerprint density at radius 2 is 2.30 bits per heavy atom. The second kappa shape index (κ2) is 7.31. The van der Waals surface area contributed by atoms with Gasteiger partial charge in [-0.3, -0.25) is 4.68 Å². The van der Waals surface area contributed by atoms with E-state index in [1.165, 1.54) is 0 Å². The fourth-order valence-electron chi connectivity index (χ4n) is 1.92. The Morgan fingerprint density at radius 3 is 2.95 bits per heavy atom. The lowest BCUT2D eigenvalue weighted by atomic mass is 10.0. The smallest absolute Gasteiger partial charge is 0.137 e. The molecule has 1 aromatic carbocycles. The molecule has 1 atom stereocenters. The lowest BCUT2D eigenvalue weighted by Gasteiger charge is -2.12. The number of aromatic nitrogens is 2. The van der Waals surface area contributed by atoms with E-state index in [0.29, 0.717) is 23.9 Å². The number of ether oxygens (including phenoxy) is 1. The Morgan fingerprint density at radius 1 is 1.45 bits per heavy atom. The van der Waals surface area contributed by atoms with Crippen LogP contribution in [0.15, 0.2) is 36.7 Å². The Balaban J connectivity index is 1.88. The van der Waals surface area contributed by atoms with Crippen molar-refractivity contribution in [2.45, 2.75) is 32.4 Å². The molecule has 1 aromatic heterocycles. The van der Waals surface area contributed by atoms with Gasteiger partial charge in [0.05, 0.1) is 11.6 Å². The molecule has 108 valence electrons. The minimum atomic E-state index is 0.178. The zero-order chi connectivity index (χ0) is 14.4. The fourth-order valence-corrected chi connectivity index (χ4v) is 2.18. The Kier molecular flexibility index (Phi) is 5.44. The topological polar surface area (TPSA) is 53.1 Å². The molecular weight excluding hydrogens is 274 g/mol. The Hall–Kier alpha value is -1.52. The standard InChI is InChI=1S/C15H20ClN3O/c1-2-13(17)10-12-4-5-15(14(16)11-12)20-9-8-19-7-3-6-18-19/h3-7,11,13H,2,8-10,17H2,1H3. The molecule has 0 aliphatic rings. The van der Waals surface area contributed by atoms with Gasteiger partial charge in [-0.05, 0) is 36.6 Å². The quantitative estimate of drug-likeness (QED) is 0.854. The summed E-state index contributed by atoms with van der Waals surface area (Å²) in [6.45, 7) is 3.32. The van der Waals surface area contributed by atoms with Crippen LogP contribution in [0.3, 0.4) is 0 Å². The zero-order valence-corrected chi connectivity index (χ0v) is 12.4. The van der Waals surface area contributed by atoms with Gasteiger partial charge in [0.15, 0.2) is 0 Å². The molecule has 2 N–H and O–H groups in total. The maximum absolute atomic E-state index is 6.23. The molecule has 0 bridgehead atoms. The van der Waals surface area contributed by atoms with Crippen LogP contribution in [0.2, 0.25) is 5.02 Å². The monoisotopic (exact) mass is 293 g/mol. The van der Waals surface area contributed by atoms with Crippen molar-refractivity contribution in [3.05, 3.63) is 47.2 Å². The lowest BCUT2D eigenvalue weighted by molar-refractivity contribution is 0.291. The molecule has 0 saturated carbocycles. The predicted molar refractivity (Wildman–Crippen MR) is 81.1 cm³/mol. The first-order chi connectivity index (χ1) is 9.69. The summed E-state index contributed by atoms with van der Waals surface area (Å²) in [6, 6.07) is 7.92. The number of nitrogens with two attached hydrogens (primary N) is 1. The van der Waals surface area contributed by atoms with E-state index in [-0.39, 0.29) is 6.04 Å². The van der Waals surface area contributed by atoms with Crippen LogP contribution >= 0.6 is 11.6 Å². The molecule has 0 saturated heterocycles. The van der Waals surface area contributed by atoms with Gasteiger partial charge in [-0.25, -0.2) is 0 Å². The van der Waals surface area contributed by atoms with Crippen LogP contribution in [-0.2, 0) is 13.0 Å². The second-order valence-electron chi connectivity index (χ2n) is 4.75. The molecule has 20 heavy (non-hydrogen) atoms. The largest absolute Gasteiger partial charge is 0.490 e. The first kappa shape index (κ1) is 14.9. The number of halogens is 1. The van der Waals surface area contributed by atoms with Crippen molar-refractivity contribution in [3.8, 4) is 5.75 Å². The van der Waals surface area contributed by atoms with Gasteiger partial charge in [-0.2, -0.15) is 5.10 Å². The molecule has 5 heteroatoms. The van der Waals surface area contributed by atoms with Gasteiger partial charge in [0, 0.05) is 18.4 Å². The molecule has 4 nitrogen and oxygen atoms in total. The first-order valence-electron chi connectivity index (χ1n) is 6.83. The van der Waals surface area contributed by atoms with Crippen molar-refractivity contribution in [1.82, 2.24) is 9.78 Å². The lowest BCUT2D eigenvalue weighted by Crippen LogP contribution is -2.21. The van der Waals surface area contributed by atoms with Gasteiger partial charge in [-0.15, -0.1) is 0 Å². The average Bonchev–Trinajstić information content (AvgIpc) is 2.94. The molecule has 0 aliphatic carbocycles. The van der Waals surface area contributed by atoms with Crippen molar-refractivity contribution in [2.75, 3.05) is 6.61 Å². The number of benzene rings is 1. The van der Waals surface area contributed by atoms with E-state index >= 15 is 0 Å². The molecule has 2 aromatic rings. The van der Waals surface area contributed by atoms with Crippen molar-refractivity contribution in [3.63, 3.8) is 0 Å². The maximum Gasteiger partial charge on any atom is 0.137 e. The third-order valence-electron chi connectivity index (χ3n) is 3.16. The van der Waals surface area contributed by atoms with Crippen molar-refractivity contribution < 1.29 is 4.74 Å². The summed E-state index contributed by atoms with van der Waals surface area (Å²) in [7, 11) is 0. The van der Waals surface area contributed by atoms with Crippen LogP contribution in [0.25, 0.3) is 0 Å². The number of rotatable bonds is 7. The first-order valence-corrected chi connectivity index (χ1v) is 7.21.